The Morgan fingerprint density at radius 1 is 1.17 bits per heavy atom. The zero-order chi connectivity index (χ0) is 17.8. The Morgan fingerprint density at radius 3 is 2.46 bits per heavy atom. The van der Waals surface area contributed by atoms with Crippen LogP contribution in [-0.2, 0) is 0 Å². The van der Waals surface area contributed by atoms with E-state index in [2.05, 4.69) is 31.9 Å². The highest BCUT2D eigenvalue weighted by Crippen LogP contribution is 2.34. The average Bonchev–Trinajstić information content (AvgIpc) is 2.79. The molecule has 0 radical (unpaired) electrons. The number of amides is 2. The Bertz CT molecular complexity index is 1060. The van der Waals surface area contributed by atoms with Gasteiger partial charge in [-0.2, -0.15) is 5.26 Å². The molecule has 0 saturated heterocycles. The van der Waals surface area contributed by atoms with Crippen LogP contribution in [-0.4, -0.2) is 16.4 Å². The molecular formula is C14H5Br2FN4O3. The SMILES string of the molecule is N#Cc1c(F)c(Br)cc(Br)c1-n1c(N)c2c(cc1=O)C(=O)NC2=O. The molecule has 120 valence electrons. The first-order valence-electron chi connectivity index (χ1n) is 6.27. The molecule has 0 spiro atoms. The minimum absolute atomic E-state index is 0.00961. The maximum atomic E-state index is 14.2. The Hall–Kier alpha value is -2.51. The molecule has 3 rings (SSSR count). The van der Waals surface area contributed by atoms with Crippen molar-refractivity contribution in [3.8, 4) is 11.8 Å². The number of rotatable bonds is 1. The molecule has 10 heteroatoms. The molecule has 0 atom stereocenters. The zero-order valence-corrected chi connectivity index (χ0v) is 14.7. The van der Waals surface area contributed by atoms with Crippen LogP contribution in [0.3, 0.4) is 0 Å². The number of hydrogen-bond donors (Lipinski definition) is 2. The van der Waals surface area contributed by atoms with Crippen molar-refractivity contribution in [3.63, 3.8) is 0 Å². The minimum Gasteiger partial charge on any atom is -0.384 e. The molecule has 2 heterocycles. The predicted molar refractivity (Wildman–Crippen MR) is 88.3 cm³/mol. The summed E-state index contributed by atoms with van der Waals surface area (Å²) in [5.41, 5.74) is 4.14. The molecule has 1 aliphatic rings. The number of fused-ring (bicyclic) bond motifs is 1. The predicted octanol–water partition coefficient (Wildman–Crippen LogP) is 1.84. The summed E-state index contributed by atoms with van der Waals surface area (Å²) >= 11 is 6.12. The maximum Gasteiger partial charge on any atom is 0.262 e. The topological polar surface area (TPSA) is 118 Å². The van der Waals surface area contributed by atoms with E-state index < -0.39 is 28.8 Å². The highest BCUT2D eigenvalue weighted by atomic mass is 79.9. The van der Waals surface area contributed by atoms with Crippen molar-refractivity contribution in [2.24, 2.45) is 0 Å². The van der Waals surface area contributed by atoms with Gasteiger partial charge in [-0.05, 0) is 37.9 Å². The average molecular weight is 456 g/mol. The van der Waals surface area contributed by atoms with Gasteiger partial charge in [0.2, 0.25) is 0 Å². The molecule has 0 fully saturated rings. The van der Waals surface area contributed by atoms with Gasteiger partial charge in [0.05, 0.1) is 21.3 Å². The van der Waals surface area contributed by atoms with E-state index in [1.165, 1.54) is 6.07 Å². The van der Waals surface area contributed by atoms with Gasteiger partial charge in [-0.1, -0.05) is 0 Å². The number of halogens is 3. The van der Waals surface area contributed by atoms with Crippen LogP contribution in [0.1, 0.15) is 26.3 Å². The van der Waals surface area contributed by atoms with Gasteiger partial charge in [-0.3, -0.25) is 24.3 Å². The number of imide groups is 1. The number of carbonyl (C=O) groups excluding carboxylic acids is 2. The molecule has 2 amide bonds. The lowest BCUT2D eigenvalue weighted by Gasteiger charge is -2.15. The van der Waals surface area contributed by atoms with E-state index in [1.807, 2.05) is 5.32 Å². The van der Waals surface area contributed by atoms with Gasteiger partial charge >= 0.3 is 0 Å². The minimum atomic E-state index is -0.886. The number of benzene rings is 1. The lowest BCUT2D eigenvalue weighted by atomic mass is 10.1. The van der Waals surface area contributed by atoms with Crippen LogP contribution in [0, 0.1) is 17.1 Å². The molecule has 0 aliphatic carbocycles. The fourth-order valence-corrected chi connectivity index (χ4v) is 3.76. The highest BCUT2D eigenvalue weighted by Gasteiger charge is 2.33. The van der Waals surface area contributed by atoms with Crippen molar-refractivity contribution in [1.29, 1.82) is 5.26 Å². The van der Waals surface area contributed by atoms with E-state index in [0.717, 1.165) is 10.6 Å². The summed E-state index contributed by atoms with van der Waals surface area (Å²) in [6, 6.07) is 3.89. The van der Waals surface area contributed by atoms with E-state index in [-0.39, 0.29) is 31.6 Å². The molecule has 24 heavy (non-hydrogen) atoms. The van der Waals surface area contributed by atoms with Crippen molar-refractivity contribution < 1.29 is 14.0 Å². The summed E-state index contributed by atoms with van der Waals surface area (Å²) in [5, 5.41) is 11.3. The number of pyridine rings is 1. The lowest BCUT2D eigenvalue weighted by molar-refractivity contribution is 0.0880. The van der Waals surface area contributed by atoms with Crippen LogP contribution in [0.5, 0.6) is 0 Å². The fraction of sp³-hybridized carbons (Fsp3) is 0. The van der Waals surface area contributed by atoms with Crippen LogP contribution in [0.4, 0.5) is 10.2 Å². The summed E-state index contributed by atoms with van der Waals surface area (Å²) in [5.74, 6) is -2.76. The number of anilines is 1. The normalized spacial score (nSPS) is 12.8. The van der Waals surface area contributed by atoms with E-state index in [9.17, 15) is 24.0 Å². The van der Waals surface area contributed by atoms with Gasteiger partial charge in [0, 0.05) is 10.5 Å². The zero-order valence-electron chi connectivity index (χ0n) is 11.5. The van der Waals surface area contributed by atoms with Crippen LogP contribution in [0.2, 0.25) is 0 Å². The summed E-state index contributed by atoms with van der Waals surface area (Å²) < 4.78 is 15.2. The Labute approximate surface area is 150 Å². The molecular weight excluding hydrogens is 451 g/mol. The molecule has 1 aromatic carbocycles. The van der Waals surface area contributed by atoms with Gasteiger partial charge in [-0.15, -0.1) is 0 Å². The van der Waals surface area contributed by atoms with Crippen molar-refractivity contribution in [3.05, 3.63) is 53.9 Å². The molecule has 3 N–H and O–H groups in total. The smallest absolute Gasteiger partial charge is 0.262 e. The monoisotopic (exact) mass is 454 g/mol. The lowest BCUT2D eigenvalue weighted by Crippen LogP contribution is -2.25. The number of hydrogen-bond acceptors (Lipinski definition) is 5. The van der Waals surface area contributed by atoms with Crippen molar-refractivity contribution >= 4 is 49.5 Å². The third-order valence-corrected chi connectivity index (χ3v) is 4.62. The standard InChI is InChI=1S/C14H5Br2FN4O3/c15-6-2-7(16)11(5(3-18)10(6)17)21-8(22)1-4-9(12(21)19)14(24)20-13(4)23/h1-2H,19H2,(H,20,23,24). The molecule has 7 nitrogen and oxygen atoms in total. The van der Waals surface area contributed by atoms with Gasteiger partial charge < -0.3 is 5.73 Å². The number of nitrogens with one attached hydrogen (secondary N) is 1. The summed E-state index contributed by atoms with van der Waals surface area (Å²) in [6.07, 6.45) is 0. The van der Waals surface area contributed by atoms with E-state index in [0.29, 0.717) is 0 Å². The van der Waals surface area contributed by atoms with Gasteiger partial charge in [0.25, 0.3) is 17.4 Å². The Morgan fingerprint density at radius 2 is 1.83 bits per heavy atom. The highest BCUT2D eigenvalue weighted by molar-refractivity contribution is 9.11. The number of nitrogens with zero attached hydrogens (tertiary/aromatic N) is 2. The summed E-state index contributed by atoms with van der Waals surface area (Å²) in [6.45, 7) is 0. The second-order valence-electron chi connectivity index (χ2n) is 4.76. The largest absolute Gasteiger partial charge is 0.384 e. The van der Waals surface area contributed by atoms with Crippen LogP contribution in [0.25, 0.3) is 5.69 Å². The third-order valence-electron chi connectivity index (χ3n) is 3.43. The first-order valence-corrected chi connectivity index (χ1v) is 7.85. The van der Waals surface area contributed by atoms with Gasteiger partial charge in [-0.25, -0.2) is 4.39 Å². The van der Waals surface area contributed by atoms with Crippen LogP contribution in [0.15, 0.2) is 25.9 Å². The second-order valence-corrected chi connectivity index (χ2v) is 6.47. The van der Waals surface area contributed by atoms with Crippen molar-refractivity contribution in [1.82, 2.24) is 9.88 Å². The maximum absolute atomic E-state index is 14.2. The Balaban J connectivity index is 2.47. The number of aromatic nitrogens is 1. The van der Waals surface area contributed by atoms with Crippen molar-refractivity contribution in [2.45, 2.75) is 0 Å². The first-order chi connectivity index (χ1) is 11.3. The Kier molecular flexibility index (Phi) is 3.77. The molecule has 1 aromatic heterocycles. The molecule has 0 bridgehead atoms. The van der Waals surface area contributed by atoms with Crippen LogP contribution >= 0.6 is 31.9 Å². The van der Waals surface area contributed by atoms with Gasteiger partial charge in [0.1, 0.15) is 17.5 Å². The fourth-order valence-electron chi connectivity index (χ4n) is 2.42. The van der Waals surface area contributed by atoms with E-state index >= 15 is 0 Å². The van der Waals surface area contributed by atoms with Gasteiger partial charge in [0.15, 0.2) is 5.82 Å². The van der Waals surface area contributed by atoms with E-state index in [1.54, 1.807) is 6.07 Å². The quantitative estimate of drug-likeness (QED) is 0.502. The third kappa shape index (κ3) is 2.16. The molecule has 1 aliphatic heterocycles. The first kappa shape index (κ1) is 16.4. The molecule has 2 aromatic rings. The van der Waals surface area contributed by atoms with Crippen molar-refractivity contribution in [2.75, 3.05) is 5.73 Å². The number of nitriles is 1. The summed E-state index contributed by atoms with van der Waals surface area (Å²) in [7, 11) is 0. The summed E-state index contributed by atoms with van der Waals surface area (Å²) in [4.78, 5) is 35.9. The van der Waals surface area contributed by atoms with Crippen LogP contribution < -0.4 is 16.6 Å². The molecule has 0 saturated carbocycles. The van der Waals surface area contributed by atoms with E-state index in [4.69, 9.17) is 5.73 Å². The number of nitrogens with two attached hydrogens (primary N) is 1. The molecule has 0 unspecified atom stereocenters. The number of carbonyl (C=O) groups is 2. The number of nitrogen functional groups attached to an aromatic ring is 1. The second kappa shape index (κ2) is 5.54.